The molecular formula is C11H21N3O2. The van der Waals surface area contributed by atoms with E-state index in [1.165, 1.54) is 0 Å². The Kier molecular flexibility index (Phi) is 5.85. The second kappa shape index (κ2) is 7.22. The van der Waals surface area contributed by atoms with Gasteiger partial charge in [-0.05, 0) is 25.8 Å². The summed E-state index contributed by atoms with van der Waals surface area (Å²) in [5.74, 6) is -0.0997. The van der Waals surface area contributed by atoms with Gasteiger partial charge in [-0.3, -0.25) is 9.59 Å². The SMILES string of the molecule is CCNCCC(=O)NC1CCCCNC1=O. The predicted molar refractivity (Wildman–Crippen MR) is 62.0 cm³/mol. The molecule has 16 heavy (non-hydrogen) atoms. The van der Waals surface area contributed by atoms with Gasteiger partial charge in [-0.2, -0.15) is 0 Å². The van der Waals surface area contributed by atoms with Crippen LogP contribution in [0.25, 0.3) is 0 Å². The summed E-state index contributed by atoms with van der Waals surface area (Å²) >= 11 is 0. The van der Waals surface area contributed by atoms with Gasteiger partial charge in [0.2, 0.25) is 11.8 Å². The molecule has 3 N–H and O–H groups in total. The van der Waals surface area contributed by atoms with E-state index in [4.69, 9.17) is 0 Å². The van der Waals surface area contributed by atoms with Crippen molar-refractivity contribution in [2.75, 3.05) is 19.6 Å². The zero-order valence-electron chi connectivity index (χ0n) is 9.84. The first kappa shape index (κ1) is 13.0. The molecular weight excluding hydrogens is 206 g/mol. The number of amides is 2. The lowest BCUT2D eigenvalue weighted by molar-refractivity contribution is -0.128. The third kappa shape index (κ3) is 4.61. The largest absolute Gasteiger partial charge is 0.354 e. The molecule has 1 saturated heterocycles. The smallest absolute Gasteiger partial charge is 0.242 e. The Morgan fingerprint density at radius 1 is 1.50 bits per heavy atom. The van der Waals surface area contributed by atoms with E-state index in [1.54, 1.807) is 0 Å². The van der Waals surface area contributed by atoms with Crippen LogP contribution in [0.15, 0.2) is 0 Å². The van der Waals surface area contributed by atoms with Crippen LogP contribution >= 0.6 is 0 Å². The lowest BCUT2D eigenvalue weighted by Crippen LogP contribution is -2.45. The quantitative estimate of drug-likeness (QED) is 0.568. The highest BCUT2D eigenvalue weighted by atomic mass is 16.2. The van der Waals surface area contributed by atoms with Crippen LogP contribution < -0.4 is 16.0 Å². The summed E-state index contributed by atoms with van der Waals surface area (Å²) in [4.78, 5) is 23.1. The topological polar surface area (TPSA) is 70.2 Å². The Hall–Kier alpha value is -1.10. The van der Waals surface area contributed by atoms with Gasteiger partial charge in [-0.15, -0.1) is 0 Å². The number of nitrogens with one attached hydrogen (secondary N) is 3. The van der Waals surface area contributed by atoms with E-state index in [-0.39, 0.29) is 17.9 Å². The highest BCUT2D eigenvalue weighted by Crippen LogP contribution is 2.05. The molecule has 1 unspecified atom stereocenters. The monoisotopic (exact) mass is 227 g/mol. The van der Waals surface area contributed by atoms with Gasteiger partial charge < -0.3 is 16.0 Å². The van der Waals surface area contributed by atoms with Crippen molar-refractivity contribution in [3.63, 3.8) is 0 Å². The standard InChI is InChI=1S/C11H21N3O2/c1-2-12-8-6-10(15)14-9-5-3-4-7-13-11(9)16/h9,12H,2-8H2,1H3,(H,13,16)(H,14,15). The third-order valence-electron chi connectivity index (χ3n) is 2.65. The highest BCUT2D eigenvalue weighted by molar-refractivity contribution is 5.87. The molecule has 0 saturated carbocycles. The minimum Gasteiger partial charge on any atom is -0.354 e. The van der Waals surface area contributed by atoms with Crippen molar-refractivity contribution >= 4 is 11.8 Å². The van der Waals surface area contributed by atoms with Crippen LogP contribution in [0.2, 0.25) is 0 Å². The number of hydrogen-bond acceptors (Lipinski definition) is 3. The molecule has 1 aliphatic rings. The average molecular weight is 227 g/mol. The van der Waals surface area contributed by atoms with Crippen molar-refractivity contribution < 1.29 is 9.59 Å². The van der Waals surface area contributed by atoms with E-state index in [1.807, 2.05) is 6.92 Å². The van der Waals surface area contributed by atoms with Crippen LogP contribution in [0.3, 0.4) is 0 Å². The van der Waals surface area contributed by atoms with E-state index in [2.05, 4.69) is 16.0 Å². The second-order valence-electron chi connectivity index (χ2n) is 4.01. The van der Waals surface area contributed by atoms with Crippen molar-refractivity contribution in [3.05, 3.63) is 0 Å². The number of hydrogen-bond donors (Lipinski definition) is 3. The van der Waals surface area contributed by atoms with Crippen molar-refractivity contribution in [1.29, 1.82) is 0 Å². The van der Waals surface area contributed by atoms with Crippen LogP contribution in [-0.4, -0.2) is 37.5 Å². The molecule has 1 rings (SSSR count). The Morgan fingerprint density at radius 3 is 3.06 bits per heavy atom. The van der Waals surface area contributed by atoms with Crippen LogP contribution in [0, 0.1) is 0 Å². The summed E-state index contributed by atoms with van der Waals surface area (Å²) in [6.45, 7) is 4.24. The third-order valence-corrected chi connectivity index (χ3v) is 2.65. The molecule has 1 heterocycles. The Balaban J connectivity index is 2.27. The van der Waals surface area contributed by atoms with Gasteiger partial charge in [0.15, 0.2) is 0 Å². The molecule has 0 aromatic heterocycles. The van der Waals surface area contributed by atoms with Crippen molar-refractivity contribution in [2.45, 2.75) is 38.6 Å². The number of carbonyl (C=O) groups is 2. The minimum absolute atomic E-state index is 0.0469. The summed E-state index contributed by atoms with van der Waals surface area (Å²) < 4.78 is 0. The van der Waals surface area contributed by atoms with Crippen molar-refractivity contribution in [3.8, 4) is 0 Å². The lowest BCUT2D eigenvalue weighted by Gasteiger charge is -2.15. The molecule has 0 aromatic rings. The van der Waals surface area contributed by atoms with E-state index in [9.17, 15) is 9.59 Å². The summed E-state index contributed by atoms with van der Waals surface area (Å²) in [6.07, 6.45) is 3.16. The average Bonchev–Trinajstić information content (AvgIpc) is 2.45. The first-order valence-electron chi connectivity index (χ1n) is 6.02. The van der Waals surface area contributed by atoms with Crippen LogP contribution in [0.1, 0.15) is 32.6 Å². The maximum Gasteiger partial charge on any atom is 0.242 e. The van der Waals surface area contributed by atoms with Crippen LogP contribution in [0.4, 0.5) is 0 Å². The molecule has 0 aromatic carbocycles. The summed E-state index contributed by atoms with van der Waals surface area (Å²) in [5, 5.41) is 8.65. The summed E-state index contributed by atoms with van der Waals surface area (Å²) in [5.41, 5.74) is 0. The molecule has 5 heteroatoms. The van der Waals surface area contributed by atoms with E-state index in [0.717, 1.165) is 32.4 Å². The molecule has 5 nitrogen and oxygen atoms in total. The van der Waals surface area contributed by atoms with E-state index >= 15 is 0 Å². The molecule has 2 amide bonds. The minimum atomic E-state index is -0.336. The molecule has 0 aliphatic carbocycles. The predicted octanol–water partition coefficient (Wildman–Crippen LogP) is -0.229. The Labute approximate surface area is 96.4 Å². The van der Waals surface area contributed by atoms with E-state index in [0.29, 0.717) is 13.0 Å². The molecule has 1 atom stereocenters. The molecule has 0 bridgehead atoms. The van der Waals surface area contributed by atoms with Gasteiger partial charge in [0, 0.05) is 19.5 Å². The summed E-state index contributed by atoms with van der Waals surface area (Å²) in [7, 11) is 0. The molecule has 1 fully saturated rings. The highest BCUT2D eigenvalue weighted by Gasteiger charge is 2.21. The maximum absolute atomic E-state index is 11.5. The summed E-state index contributed by atoms with van der Waals surface area (Å²) in [6, 6.07) is -0.336. The molecule has 92 valence electrons. The normalized spacial score (nSPS) is 21.1. The molecule has 0 radical (unpaired) electrons. The Morgan fingerprint density at radius 2 is 2.31 bits per heavy atom. The zero-order valence-corrected chi connectivity index (χ0v) is 9.84. The zero-order chi connectivity index (χ0) is 11.8. The fraction of sp³-hybridized carbons (Fsp3) is 0.818. The van der Waals surface area contributed by atoms with E-state index < -0.39 is 0 Å². The van der Waals surface area contributed by atoms with Gasteiger partial charge in [0.1, 0.15) is 6.04 Å². The molecule has 0 spiro atoms. The fourth-order valence-corrected chi connectivity index (χ4v) is 1.72. The first-order valence-corrected chi connectivity index (χ1v) is 6.02. The number of carbonyl (C=O) groups excluding carboxylic acids is 2. The van der Waals surface area contributed by atoms with Crippen molar-refractivity contribution in [1.82, 2.24) is 16.0 Å². The van der Waals surface area contributed by atoms with Gasteiger partial charge in [-0.25, -0.2) is 0 Å². The second-order valence-corrected chi connectivity index (χ2v) is 4.01. The first-order chi connectivity index (χ1) is 7.74. The van der Waals surface area contributed by atoms with Gasteiger partial charge in [0.05, 0.1) is 0 Å². The fourth-order valence-electron chi connectivity index (χ4n) is 1.72. The van der Waals surface area contributed by atoms with Gasteiger partial charge in [-0.1, -0.05) is 6.92 Å². The maximum atomic E-state index is 11.5. The van der Waals surface area contributed by atoms with Gasteiger partial charge in [0.25, 0.3) is 0 Å². The number of rotatable bonds is 5. The van der Waals surface area contributed by atoms with Crippen molar-refractivity contribution in [2.24, 2.45) is 0 Å². The lowest BCUT2D eigenvalue weighted by atomic mass is 10.1. The van der Waals surface area contributed by atoms with Crippen LogP contribution in [-0.2, 0) is 9.59 Å². The molecule has 1 aliphatic heterocycles. The van der Waals surface area contributed by atoms with Crippen LogP contribution in [0.5, 0.6) is 0 Å². The van der Waals surface area contributed by atoms with Gasteiger partial charge >= 0.3 is 0 Å². The Bertz CT molecular complexity index is 243.